The highest BCUT2D eigenvalue weighted by Crippen LogP contribution is 2.25. The third kappa shape index (κ3) is 4.39. The Morgan fingerprint density at radius 2 is 1.67 bits per heavy atom. The molecule has 2 aromatic carbocycles. The van der Waals surface area contributed by atoms with E-state index in [1.165, 1.54) is 0 Å². The van der Waals surface area contributed by atoms with E-state index in [0.717, 1.165) is 17.1 Å². The largest absolute Gasteiger partial charge is 0.493 e. The number of ether oxygens (including phenoxy) is 3. The molecule has 21 heavy (non-hydrogen) atoms. The zero-order valence-electron chi connectivity index (χ0n) is 12.4. The van der Waals surface area contributed by atoms with Crippen LogP contribution in [0.1, 0.15) is 18.5 Å². The Labute approximate surface area is 125 Å². The van der Waals surface area contributed by atoms with E-state index in [1.54, 1.807) is 7.11 Å². The highest BCUT2D eigenvalue weighted by atomic mass is 16.5. The lowest BCUT2D eigenvalue weighted by Gasteiger charge is -2.12. The van der Waals surface area contributed by atoms with Gasteiger partial charge in [0.25, 0.3) is 0 Å². The van der Waals surface area contributed by atoms with Crippen LogP contribution in [0.3, 0.4) is 0 Å². The first-order valence-electron chi connectivity index (χ1n) is 6.95. The number of para-hydroxylation sites is 2. The van der Waals surface area contributed by atoms with Gasteiger partial charge in [0, 0.05) is 6.04 Å². The van der Waals surface area contributed by atoms with Gasteiger partial charge in [-0.25, -0.2) is 0 Å². The van der Waals surface area contributed by atoms with Crippen LogP contribution in [0.15, 0.2) is 48.5 Å². The van der Waals surface area contributed by atoms with Crippen molar-refractivity contribution in [1.29, 1.82) is 0 Å². The lowest BCUT2D eigenvalue weighted by atomic mass is 10.1. The van der Waals surface area contributed by atoms with Crippen LogP contribution in [0.25, 0.3) is 0 Å². The van der Waals surface area contributed by atoms with Crippen molar-refractivity contribution in [3.8, 4) is 17.2 Å². The van der Waals surface area contributed by atoms with E-state index < -0.39 is 0 Å². The molecular weight excluding hydrogens is 266 g/mol. The third-order valence-corrected chi connectivity index (χ3v) is 3.06. The fourth-order valence-electron chi connectivity index (χ4n) is 1.94. The first kappa shape index (κ1) is 15.2. The van der Waals surface area contributed by atoms with Gasteiger partial charge in [0.15, 0.2) is 11.5 Å². The summed E-state index contributed by atoms with van der Waals surface area (Å²) >= 11 is 0. The van der Waals surface area contributed by atoms with Crippen molar-refractivity contribution >= 4 is 0 Å². The molecule has 0 bridgehead atoms. The van der Waals surface area contributed by atoms with E-state index in [-0.39, 0.29) is 6.04 Å². The Balaban J connectivity index is 1.83. The third-order valence-electron chi connectivity index (χ3n) is 3.06. The summed E-state index contributed by atoms with van der Waals surface area (Å²) in [6.07, 6.45) is 0. The molecule has 0 aliphatic heterocycles. The molecule has 0 radical (unpaired) electrons. The predicted molar refractivity (Wildman–Crippen MR) is 83.0 cm³/mol. The monoisotopic (exact) mass is 287 g/mol. The number of hydrogen-bond donors (Lipinski definition) is 1. The van der Waals surface area contributed by atoms with Gasteiger partial charge < -0.3 is 19.9 Å². The first-order valence-corrected chi connectivity index (χ1v) is 6.95. The summed E-state index contributed by atoms with van der Waals surface area (Å²) in [5, 5.41) is 0. The summed E-state index contributed by atoms with van der Waals surface area (Å²) in [5.74, 6) is 2.23. The zero-order valence-corrected chi connectivity index (χ0v) is 12.4. The van der Waals surface area contributed by atoms with Gasteiger partial charge in [-0.3, -0.25) is 0 Å². The number of nitrogens with two attached hydrogens (primary N) is 1. The van der Waals surface area contributed by atoms with E-state index in [4.69, 9.17) is 19.9 Å². The molecule has 0 amide bonds. The normalized spacial score (nSPS) is 11.8. The Hall–Kier alpha value is -2.20. The van der Waals surface area contributed by atoms with Crippen LogP contribution < -0.4 is 19.9 Å². The van der Waals surface area contributed by atoms with Gasteiger partial charge in [-0.2, -0.15) is 0 Å². The standard InChI is InChI=1S/C17H21NO3/c1-13(18)14-6-5-7-15(12-14)20-10-11-21-17-9-4-3-8-16(17)19-2/h3-9,12-13H,10-11,18H2,1-2H3. The molecule has 0 saturated heterocycles. The molecule has 0 aromatic heterocycles. The Kier molecular flexibility index (Phi) is 5.46. The van der Waals surface area contributed by atoms with Crippen molar-refractivity contribution in [3.05, 3.63) is 54.1 Å². The van der Waals surface area contributed by atoms with Crippen molar-refractivity contribution in [2.75, 3.05) is 20.3 Å². The molecule has 2 rings (SSSR count). The van der Waals surface area contributed by atoms with Crippen molar-refractivity contribution < 1.29 is 14.2 Å². The summed E-state index contributed by atoms with van der Waals surface area (Å²) < 4.78 is 16.5. The summed E-state index contributed by atoms with van der Waals surface area (Å²) in [6, 6.07) is 15.3. The number of rotatable bonds is 7. The molecule has 0 spiro atoms. The van der Waals surface area contributed by atoms with Crippen LogP contribution in [-0.2, 0) is 0 Å². The summed E-state index contributed by atoms with van der Waals surface area (Å²) in [6.45, 7) is 2.85. The smallest absolute Gasteiger partial charge is 0.161 e. The van der Waals surface area contributed by atoms with Gasteiger partial charge in [0.1, 0.15) is 19.0 Å². The fraction of sp³-hybridized carbons (Fsp3) is 0.294. The van der Waals surface area contributed by atoms with Crippen molar-refractivity contribution in [1.82, 2.24) is 0 Å². The Morgan fingerprint density at radius 1 is 0.952 bits per heavy atom. The molecule has 0 aliphatic carbocycles. The molecule has 1 atom stereocenters. The Bertz CT molecular complexity index is 569. The van der Waals surface area contributed by atoms with E-state index in [9.17, 15) is 0 Å². The van der Waals surface area contributed by atoms with Crippen molar-refractivity contribution in [2.24, 2.45) is 5.73 Å². The van der Waals surface area contributed by atoms with Crippen molar-refractivity contribution in [2.45, 2.75) is 13.0 Å². The minimum Gasteiger partial charge on any atom is -0.493 e. The molecular formula is C17H21NO3. The SMILES string of the molecule is COc1ccccc1OCCOc1cccc(C(C)N)c1. The van der Waals surface area contributed by atoms with Gasteiger partial charge in [-0.05, 0) is 36.8 Å². The maximum absolute atomic E-state index is 5.85. The first-order chi connectivity index (χ1) is 10.2. The minimum atomic E-state index is -0.00150. The molecule has 4 nitrogen and oxygen atoms in total. The van der Waals surface area contributed by atoms with Gasteiger partial charge in [-0.1, -0.05) is 24.3 Å². The van der Waals surface area contributed by atoms with Crippen LogP contribution in [0.4, 0.5) is 0 Å². The molecule has 2 aromatic rings. The van der Waals surface area contributed by atoms with Gasteiger partial charge in [0.2, 0.25) is 0 Å². The van der Waals surface area contributed by atoms with E-state index in [1.807, 2.05) is 55.5 Å². The predicted octanol–water partition coefficient (Wildman–Crippen LogP) is 3.17. The van der Waals surface area contributed by atoms with Crippen LogP contribution in [-0.4, -0.2) is 20.3 Å². The summed E-state index contributed by atoms with van der Waals surface area (Å²) in [4.78, 5) is 0. The van der Waals surface area contributed by atoms with E-state index in [2.05, 4.69) is 0 Å². The molecule has 0 aliphatic rings. The van der Waals surface area contributed by atoms with Gasteiger partial charge >= 0.3 is 0 Å². The highest BCUT2D eigenvalue weighted by molar-refractivity contribution is 5.39. The van der Waals surface area contributed by atoms with E-state index in [0.29, 0.717) is 19.0 Å². The lowest BCUT2D eigenvalue weighted by molar-refractivity contribution is 0.211. The van der Waals surface area contributed by atoms with Gasteiger partial charge in [-0.15, -0.1) is 0 Å². The van der Waals surface area contributed by atoms with Crippen molar-refractivity contribution in [3.63, 3.8) is 0 Å². The molecule has 0 heterocycles. The maximum atomic E-state index is 5.85. The molecule has 0 fully saturated rings. The summed E-state index contributed by atoms with van der Waals surface area (Å²) in [7, 11) is 1.62. The minimum absolute atomic E-state index is 0.00150. The summed E-state index contributed by atoms with van der Waals surface area (Å²) in [5.41, 5.74) is 6.91. The molecule has 112 valence electrons. The molecule has 1 unspecified atom stereocenters. The highest BCUT2D eigenvalue weighted by Gasteiger charge is 2.03. The second-order valence-corrected chi connectivity index (χ2v) is 4.71. The number of hydrogen-bond acceptors (Lipinski definition) is 4. The van der Waals surface area contributed by atoms with Crippen LogP contribution in [0, 0.1) is 0 Å². The van der Waals surface area contributed by atoms with Crippen LogP contribution in [0.2, 0.25) is 0 Å². The van der Waals surface area contributed by atoms with E-state index >= 15 is 0 Å². The average Bonchev–Trinajstić information content (AvgIpc) is 2.52. The second kappa shape index (κ2) is 7.55. The topological polar surface area (TPSA) is 53.7 Å². The lowest BCUT2D eigenvalue weighted by Crippen LogP contribution is -2.10. The molecule has 2 N–H and O–H groups in total. The Morgan fingerprint density at radius 3 is 2.38 bits per heavy atom. The maximum Gasteiger partial charge on any atom is 0.161 e. The molecule has 4 heteroatoms. The second-order valence-electron chi connectivity index (χ2n) is 4.71. The number of benzene rings is 2. The van der Waals surface area contributed by atoms with Gasteiger partial charge in [0.05, 0.1) is 7.11 Å². The zero-order chi connectivity index (χ0) is 15.1. The average molecular weight is 287 g/mol. The number of methoxy groups -OCH3 is 1. The van der Waals surface area contributed by atoms with Crippen LogP contribution >= 0.6 is 0 Å². The fourth-order valence-corrected chi connectivity index (χ4v) is 1.94. The molecule has 0 saturated carbocycles. The quantitative estimate of drug-likeness (QED) is 0.795. The van der Waals surface area contributed by atoms with Crippen LogP contribution in [0.5, 0.6) is 17.2 Å².